The van der Waals surface area contributed by atoms with Crippen LogP contribution in [0, 0.1) is 40.4 Å². The number of allylic oxidation sites excluding steroid dienone is 2. The average Bonchev–Trinajstić information content (AvgIpc) is 3.21. The van der Waals surface area contributed by atoms with Crippen LogP contribution in [-0.4, -0.2) is 37.3 Å². The van der Waals surface area contributed by atoms with Crippen molar-refractivity contribution in [2.45, 2.75) is 117 Å². The van der Waals surface area contributed by atoms with Gasteiger partial charge in [-0.15, -0.1) is 0 Å². The first-order valence-electron chi connectivity index (χ1n) is 13.4. The number of hydrogen-bond acceptors (Lipinski definition) is 3. The minimum atomic E-state index is -1.88. The maximum atomic E-state index is 11.5. The fraction of sp³-hybridized carbons (Fsp3) is 0.929. The van der Waals surface area contributed by atoms with Gasteiger partial charge in [-0.1, -0.05) is 53.2 Å². The maximum absolute atomic E-state index is 11.5. The molecule has 0 aliphatic heterocycles. The van der Waals surface area contributed by atoms with Crippen molar-refractivity contribution in [2.75, 3.05) is 6.61 Å². The van der Waals surface area contributed by atoms with Crippen LogP contribution < -0.4 is 0 Å². The van der Waals surface area contributed by atoms with Crippen LogP contribution in [-0.2, 0) is 4.43 Å². The summed E-state index contributed by atoms with van der Waals surface area (Å²) in [4.78, 5) is 0. The van der Waals surface area contributed by atoms with E-state index in [0.717, 1.165) is 6.42 Å². The Morgan fingerprint density at radius 2 is 1.91 bits per heavy atom. The Balaban J connectivity index is 1.50. The predicted octanol–water partition coefficient (Wildman–Crippen LogP) is 6.56. The molecule has 0 amide bonds. The molecule has 0 saturated heterocycles. The van der Waals surface area contributed by atoms with Crippen molar-refractivity contribution < 1.29 is 14.6 Å². The highest BCUT2D eigenvalue weighted by molar-refractivity contribution is 6.74. The third kappa shape index (κ3) is 3.80. The molecule has 4 rings (SSSR count). The Bertz CT molecular complexity index is 739. The molecule has 4 fully saturated rings. The van der Waals surface area contributed by atoms with Gasteiger partial charge in [-0.2, -0.15) is 0 Å². The zero-order valence-corrected chi connectivity index (χ0v) is 23.1. The molecular formula is C28H50O3Si. The highest BCUT2D eigenvalue weighted by Gasteiger charge is 2.69. The molecule has 0 aromatic rings. The summed E-state index contributed by atoms with van der Waals surface area (Å²) in [7, 11) is -1.88. The summed E-state index contributed by atoms with van der Waals surface area (Å²) >= 11 is 0. The largest absolute Gasteiger partial charge is 0.411 e. The molecule has 184 valence electrons. The smallest absolute Gasteiger partial charge is 0.192 e. The Hall–Kier alpha value is -0.163. The van der Waals surface area contributed by atoms with Crippen LogP contribution in [0.3, 0.4) is 0 Å². The second-order valence-electron chi connectivity index (χ2n) is 13.9. The van der Waals surface area contributed by atoms with Gasteiger partial charge in [-0.05, 0) is 98.1 Å². The molecule has 0 spiro atoms. The quantitative estimate of drug-likeness (QED) is 0.347. The van der Waals surface area contributed by atoms with Gasteiger partial charge in [-0.25, -0.2) is 0 Å². The second kappa shape index (κ2) is 8.21. The molecule has 4 heteroatoms. The summed E-state index contributed by atoms with van der Waals surface area (Å²) in [6.07, 6.45) is 10.8. The lowest BCUT2D eigenvalue weighted by Gasteiger charge is -2.44. The highest BCUT2D eigenvalue weighted by atomic mass is 28.4. The normalized spacial score (nSPS) is 44.9. The second-order valence-corrected chi connectivity index (χ2v) is 18.7. The molecule has 4 saturated carbocycles. The van der Waals surface area contributed by atoms with Crippen molar-refractivity contribution in [3.05, 3.63) is 11.6 Å². The van der Waals surface area contributed by atoms with Gasteiger partial charge < -0.3 is 14.6 Å². The van der Waals surface area contributed by atoms with E-state index < -0.39 is 8.32 Å². The van der Waals surface area contributed by atoms with E-state index in [2.05, 4.69) is 60.7 Å². The van der Waals surface area contributed by atoms with Gasteiger partial charge in [0.25, 0.3) is 0 Å². The van der Waals surface area contributed by atoms with Crippen LogP contribution in [0.25, 0.3) is 0 Å². The monoisotopic (exact) mass is 462 g/mol. The lowest BCUT2D eigenvalue weighted by molar-refractivity contribution is -0.00616. The van der Waals surface area contributed by atoms with Crippen LogP contribution in [0.5, 0.6) is 0 Å². The highest BCUT2D eigenvalue weighted by Crippen LogP contribution is 2.69. The Morgan fingerprint density at radius 1 is 1.22 bits per heavy atom. The molecule has 2 unspecified atom stereocenters. The van der Waals surface area contributed by atoms with E-state index in [-0.39, 0.29) is 22.7 Å². The molecule has 0 bridgehead atoms. The predicted molar refractivity (Wildman–Crippen MR) is 135 cm³/mol. The van der Waals surface area contributed by atoms with Gasteiger partial charge in [0, 0.05) is 12.0 Å². The van der Waals surface area contributed by atoms with E-state index in [1.807, 2.05) is 0 Å². The van der Waals surface area contributed by atoms with Crippen LogP contribution in [0.2, 0.25) is 18.1 Å². The van der Waals surface area contributed by atoms with E-state index in [9.17, 15) is 10.2 Å². The molecule has 4 aliphatic carbocycles. The Morgan fingerprint density at radius 3 is 2.53 bits per heavy atom. The fourth-order valence-electron chi connectivity index (χ4n) is 8.10. The summed E-state index contributed by atoms with van der Waals surface area (Å²) < 4.78 is 6.72. The number of rotatable bonds is 6. The zero-order chi connectivity index (χ0) is 23.7. The molecule has 32 heavy (non-hydrogen) atoms. The summed E-state index contributed by atoms with van der Waals surface area (Å²) in [5.41, 5.74) is 2.05. The lowest BCUT2D eigenvalue weighted by atomic mass is 9.61. The van der Waals surface area contributed by atoms with E-state index in [4.69, 9.17) is 4.43 Å². The molecule has 3 nitrogen and oxygen atoms in total. The fourth-order valence-corrected chi connectivity index (χ4v) is 9.44. The van der Waals surface area contributed by atoms with Crippen LogP contribution in [0.1, 0.15) is 86.5 Å². The summed E-state index contributed by atoms with van der Waals surface area (Å²) in [5.74, 6) is 2.76. The molecule has 2 N–H and O–H groups in total. The first-order valence-corrected chi connectivity index (χ1v) is 16.4. The summed E-state index contributed by atoms with van der Waals surface area (Å²) in [5, 5.41) is 21.5. The number of fused-ring (bicyclic) bond motifs is 2. The molecule has 0 aromatic heterocycles. The number of hydrogen-bond donors (Lipinski definition) is 2. The molecule has 4 aliphatic rings. The van der Waals surface area contributed by atoms with Crippen molar-refractivity contribution in [2.24, 2.45) is 40.4 Å². The van der Waals surface area contributed by atoms with Crippen LogP contribution >= 0.6 is 0 Å². The summed E-state index contributed by atoms with van der Waals surface area (Å²) in [6, 6.07) is 0. The average molecular weight is 463 g/mol. The maximum Gasteiger partial charge on any atom is 0.192 e. The van der Waals surface area contributed by atoms with E-state index in [1.165, 1.54) is 38.5 Å². The van der Waals surface area contributed by atoms with Crippen molar-refractivity contribution in [3.8, 4) is 0 Å². The minimum absolute atomic E-state index is 0.0216. The van der Waals surface area contributed by atoms with Crippen LogP contribution in [0.15, 0.2) is 11.6 Å². The van der Waals surface area contributed by atoms with Gasteiger partial charge in [0.1, 0.15) is 0 Å². The van der Waals surface area contributed by atoms with Gasteiger partial charge in [0.05, 0.1) is 12.2 Å². The van der Waals surface area contributed by atoms with Crippen molar-refractivity contribution in [1.82, 2.24) is 0 Å². The lowest BCUT2D eigenvalue weighted by Crippen LogP contribution is -2.47. The standard InChI is InChI=1S/C28H50O3Si/c1-18(17-29)22-11-12-23-20(10-9-13-27(22,23)6)14-19(2)28-16-21(28)15-24(25(28)30)31-32(7,8)26(3,4)5/h14,18-19,21-25,29-30H,9-13,15-17H2,1-8H3/b20-14+/t18-,19-,21?,22-,23+,24+,25?,27-,28-/m1/s1. The molecule has 0 radical (unpaired) electrons. The van der Waals surface area contributed by atoms with Crippen molar-refractivity contribution in [3.63, 3.8) is 0 Å². The molecular weight excluding hydrogens is 412 g/mol. The zero-order valence-electron chi connectivity index (χ0n) is 22.1. The Kier molecular flexibility index (Phi) is 6.40. The van der Waals surface area contributed by atoms with Crippen LogP contribution in [0.4, 0.5) is 0 Å². The molecule has 0 heterocycles. The Labute approximate surface area is 198 Å². The number of aliphatic hydroxyl groups excluding tert-OH is 2. The first kappa shape index (κ1) is 24.9. The van der Waals surface area contributed by atoms with Crippen molar-refractivity contribution in [1.29, 1.82) is 0 Å². The molecule has 0 aromatic carbocycles. The van der Waals surface area contributed by atoms with Crippen molar-refractivity contribution >= 4 is 8.32 Å². The van der Waals surface area contributed by atoms with Gasteiger partial charge in [0.15, 0.2) is 8.32 Å². The first-order chi connectivity index (χ1) is 14.8. The van der Waals surface area contributed by atoms with Gasteiger partial charge in [-0.3, -0.25) is 0 Å². The van der Waals surface area contributed by atoms with E-state index in [1.54, 1.807) is 5.57 Å². The van der Waals surface area contributed by atoms with Gasteiger partial charge >= 0.3 is 0 Å². The van der Waals surface area contributed by atoms with E-state index in [0.29, 0.717) is 41.6 Å². The topological polar surface area (TPSA) is 49.7 Å². The SMILES string of the molecule is C[C@H](CO)[C@H]1CC[C@H]2/C(=C/[C@@H](C)[C@]34CC3C[C@H](O[Si](C)(C)C(C)(C)C)C4O)CCC[C@]12C. The van der Waals surface area contributed by atoms with E-state index >= 15 is 0 Å². The number of aliphatic hydroxyl groups is 2. The van der Waals surface area contributed by atoms with Gasteiger partial charge in [0.2, 0.25) is 0 Å². The summed E-state index contributed by atoms with van der Waals surface area (Å²) in [6.45, 7) is 18.9. The minimum Gasteiger partial charge on any atom is -0.411 e. The third-order valence-electron chi connectivity index (χ3n) is 11.2. The third-order valence-corrected chi connectivity index (χ3v) is 15.7. The molecule has 9 atom stereocenters.